The number of morpholine rings is 1. The highest BCUT2D eigenvalue weighted by atomic mass is 36.0. The SMILES string of the molecule is CN1CCOCC1.ClP(Cl)Cl.ClP1O[C@@H](c2ccccc2)[C@H]2CCCN21.O[C@@H](c1ccccc1)[C@H]1CCCN1.[2HH].[2H][2H]. The fourth-order valence-corrected chi connectivity index (χ4v) is 7.11. The minimum absolute atomic E-state index is 0. The highest BCUT2D eigenvalue weighted by Gasteiger charge is 2.45. The van der Waals surface area contributed by atoms with E-state index in [1.165, 1.54) is 24.8 Å². The van der Waals surface area contributed by atoms with Crippen molar-refractivity contribution in [3.63, 3.8) is 0 Å². The Kier molecular flexibility index (Phi) is 15.4. The number of aliphatic hydroxyl groups is 1. The fourth-order valence-electron chi connectivity index (χ4n) is 4.95. The molecule has 0 bridgehead atoms. The van der Waals surface area contributed by atoms with E-state index in [2.05, 4.69) is 46.2 Å². The van der Waals surface area contributed by atoms with Gasteiger partial charge < -0.3 is 24.6 Å². The Morgan fingerprint density at radius 2 is 1.62 bits per heavy atom. The van der Waals surface area contributed by atoms with Gasteiger partial charge in [-0.1, -0.05) is 94.4 Å². The van der Waals surface area contributed by atoms with Crippen LogP contribution in [0.4, 0.5) is 0 Å². The summed E-state index contributed by atoms with van der Waals surface area (Å²) in [6.45, 7) is 6.16. The lowest BCUT2D eigenvalue weighted by molar-refractivity contribution is 0.0503. The number of rotatable bonds is 3. The van der Waals surface area contributed by atoms with E-state index < -0.39 is 13.6 Å². The molecular formula is C27H43Cl4N3O3P2. The summed E-state index contributed by atoms with van der Waals surface area (Å²) in [5.74, 6) is -1.20. The third kappa shape index (κ3) is 11.8. The number of ether oxygens (including phenoxy) is 1. The van der Waals surface area contributed by atoms with Crippen LogP contribution in [0.25, 0.3) is 0 Å². The Morgan fingerprint density at radius 3 is 2.15 bits per heavy atom. The Bertz CT molecular complexity index is 927. The zero-order valence-corrected chi connectivity index (χ0v) is 27.0. The van der Waals surface area contributed by atoms with Gasteiger partial charge >= 0.3 is 0 Å². The number of aliphatic hydroxyl groups excluding tert-OH is 1. The minimum Gasteiger partial charge on any atom is -0.387 e. The van der Waals surface area contributed by atoms with Crippen molar-refractivity contribution < 1.29 is 18.8 Å². The van der Waals surface area contributed by atoms with Crippen molar-refractivity contribution in [2.24, 2.45) is 0 Å². The monoisotopic (exact) mass is 662 g/mol. The summed E-state index contributed by atoms with van der Waals surface area (Å²) in [7, 11) is 1.25. The first-order valence-electron chi connectivity index (χ1n) is 14.3. The van der Waals surface area contributed by atoms with E-state index in [9.17, 15) is 5.11 Å². The van der Waals surface area contributed by atoms with Gasteiger partial charge in [-0.3, -0.25) is 0 Å². The van der Waals surface area contributed by atoms with E-state index >= 15 is 0 Å². The Balaban J connectivity index is 0.000000297. The molecule has 0 radical (unpaired) electrons. The summed E-state index contributed by atoms with van der Waals surface area (Å²) < 4.78 is 23.3. The average molecular weight is 664 g/mol. The third-order valence-corrected chi connectivity index (χ3v) is 9.13. The van der Waals surface area contributed by atoms with Gasteiger partial charge in [-0.05, 0) is 61.6 Å². The second kappa shape index (κ2) is 18.7. The van der Waals surface area contributed by atoms with Crippen molar-refractivity contribution in [2.45, 2.75) is 50.0 Å². The van der Waals surface area contributed by atoms with Crippen molar-refractivity contribution in [3.05, 3.63) is 71.8 Å². The fraction of sp³-hybridized carbons (Fsp3) is 0.556. The summed E-state index contributed by atoms with van der Waals surface area (Å²) >= 11 is 20.8. The van der Waals surface area contributed by atoms with Gasteiger partial charge in [-0.15, -0.1) is 0 Å². The van der Waals surface area contributed by atoms with Crippen LogP contribution in [0.15, 0.2) is 60.7 Å². The number of benzene rings is 2. The molecule has 222 valence electrons. The molecule has 39 heavy (non-hydrogen) atoms. The number of hydrogen-bond donors (Lipinski definition) is 2. The zero-order valence-electron chi connectivity index (χ0n) is 24.2. The van der Waals surface area contributed by atoms with Gasteiger partial charge in [0.1, 0.15) is 6.10 Å². The summed E-state index contributed by atoms with van der Waals surface area (Å²) in [5, 5.41) is 13.3. The van der Waals surface area contributed by atoms with Crippen molar-refractivity contribution in [2.75, 3.05) is 46.4 Å². The van der Waals surface area contributed by atoms with Gasteiger partial charge in [-0.2, -0.15) is 0 Å². The lowest BCUT2D eigenvalue weighted by Crippen LogP contribution is -2.32. The van der Waals surface area contributed by atoms with Crippen LogP contribution in [-0.2, 0) is 9.26 Å². The second-order valence-electron chi connectivity index (χ2n) is 9.70. The van der Waals surface area contributed by atoms with Gasteiger partial charge in [-0.25, -0.2) is 4.67 Å². The molecule has 2 aromatic rings. The van der Waals surface area contributed by atoms with Gasteiger partial charge in [0.05, 0.1) is 19.3 Å². The number of likely N-dealkylation sites (N-methyl/N-ethyl adjacent to an activating group) is 1. The molecule has 0 saturated carbocycles. The summed E-state index contributed by atoms with van der Waals surface area (Å²) in [5.41, 5.74) is 2.28. The number of halogens is 4. The first kappa shape index (κ1) is 32.1. The van der Waals surface area contributed by atoms with Gasteiger partial charge in [0.2, 0.25) is 7.65 Å². The minimum atomic E-state index is -1.20. The Labute approximate surface area is 259 Å². The Morgan fingerprint density at radius 1 is 1.00 bits per heavy atom. The van der Waals surface area contributed by atoms with Crippen LogP contribution >= 0.6 is 58.6 Å². The van der Waals surface area contributed by atoms with Crippen LogP contribution in [0.3, 0.4) is 0 Å². The molecule has 4 aliphatic heterocycles. The maximum Gasteiger partial charge on any atom is 0.207 e. The van der Waals surface area contributed by atoms with Crippen molar-refractivity contribution in [1.29, 1.82) is 0 Å². The molecule has 5 atom stereocenters. The van der Waals surface area contributed by atoms with Crippen LogP contribution in [0.2, 0.25) is 0 Å². The van der Waals surface area contributed by atoms with E-state index in [1.54, 1.807) is 0 Å². The molecule has 6 nitrogen and oxygen atoms in total. The van der Waals surface area contributed by atoms with Crippen LogP contribution in [0.5, 0.6) is 0 Å². The molecule has 4 aliphatic rings. The first-order valence-corrected chi connectivity index (χ1v) is 19.5. The second-order valence-corrected chi connectivity index (χ2v) is 16.7. The topological polar surface area (TPSA) is 57.2 Å². The normalized spacial score (nSPS) is 27.6. The first-order chi connectivity index (χ1) is 19.9. The molecule has 0 spiro atoms. The molecule has 0 aliphatic carbocycles. The van der Waals surface area contributed by atoms with Crippen molar-refractivity contribution >= 4 is 58.6 Å². The predicted octanol–water partition coefficient (Wildman–Crippen LogP) is 8.53. The molecule has 2 aromatic carbocycles. The van der Waals surface area contributed by atoms with Gasteiger partial charge in [0.25, 0.3) is 0 Å². The molecular weight excluding hydrogens is 618 g/mol. The van der Waals surface area contributed by atoms with Crippen LogP contribution in [0, 0.1) is 0 Å². The number of nitrogens with zero attached hydrogens (tertiary/aromatic N) is 2. The lowest BCUT2D eigenvalue weighted by atomic mass is 10.0. The zero-order chi connectivity index (χ0) is 30.0. The molecule has 1 unspecified atom stereocenters. The third-order valence-electron chi connectivity index (χ3n) is 7.01. The smallest absolute Gasteiger partial charge is 0.207 e. The number of fused-ring (bicyclic) bond motifs is 1. The molecule has 4 heterocycles. The van der Waals surface area contributed by atoms with Crippen molar-refractivity contribution in [1.82, 2.24) is 14.9 Å². The van der Waals surface area contributed by atoms with Gasteiger partial charge in [0.15, 0.2) is 5.98 Å². The van der Waals surface area contributed by atoms with Crippen LogP contribution in [0.1, 0.15) is 53.4 Å². The summed E-state index contributed by atoms with van der Waals surface area (Å²) in [4.78, 5) is 2.27. The van der Waals surface area contributed by atoms with Gasteiger partial charge in [0, 0.05) is 36.1 Å². The molecule has 0 amide bonds. The average Bonchev–Trinajstić information content (AvgIpc) is 3.76. The predicted molar refractivity (Wildman–Crippen MR) is 172 cm³/mol. The molecule has 4 fully saturated rings. The number of hydrogen-bond acceptors (Lipinski definition) is 6. The molecule has 12 heteroatoms. The van der Waals surface area contributed by atoms with E-state index in [0.29, 0.717) is 6.04 Å². The van der Waals surface area contributed by atoms with E-state index in [4.69, 9.17) is 57.2 Å². The highest BCUT2D eigenvalue weighted by Crippen LogP contribution is 2.62. The quantitative estimate of drug-likeness (QED) is 0.321. The highest BCUT2D eigenvalue weighted by molar-refractivity contribution is 8.20. The lowest BCUT2D eigenvalue weighted by Gasteiger charge is -2.21. The van der Waals surface area contributed by atoms with Crippen molar-refractivity contribution in [3.8, 4) is 0 Å². The molecule has 4 saturated heterocycles. The molecule has 6 rings (SSSR count). The summed E-state index contributed by atoms with van der Waals surface area (Å²) in [6, 6.07) is 21.0. The molecule has 0 aromatic heterocycles. The maximum atomic E-state index is 9.96. The standard InChI is InChI=1S/C11H13ClNOP.C11H15NO.C5H11NO.Cl3P.2H2/c12-15-13-8-4-7-10(13)11(14-15)9-5-2-1-3-6-9;13-11(10-7-4-8-12-10)9-5-2-1-3-6-9;1-6-2-4-7-5-3-6;1-4(2)3;;/h1-3,5-6,10-11H,4,7-8H2;1-3,5-6,10-13H,4,7-8H2;2-5H2,1H3;;2*1H/t10-,11+,15?;10-,11+;;;;/m11..../s1/i;;;;1+1D;1+1. The van der Waals surface area contributed by atoms with E-state index in [1.807, 2.05) is 36.4 Å². The van der Waals surface area contributed by atoms with Crippen LogP contribution < -0.4 is 5.32 Å². The maximum absolute atomic E-state index is 9.96. The van der Waals surface area contributed by atoms with E-state index in [-0.39, 0.29) is 19.7 Å². The van der Waals surface area contributed by atoms with Crippen LogP contribution in [-0.4, -0.2) is 73.2 Å². The number of nitrogens with one attached hydrogen (secondary N) is 1. The largest absolute Gasteiger partial charge is 0.387 e. The van der Waals surface area contributed by atoms with E-state index in [0.717, 1.165) is 51.4 Å². The molecule has 2 N–H and O–H groups in total. The Hall–Kier alpha value is 0.220. The summed E-state index contributed by atoms with van der Waals surface area (Å²) in [6.07, 6.45) is 4.57.